The maximum atomic E-state index is 5.61. The van der Waals surface area contributed by atoms with Crippen molar-refractivity contribution in [3.63, 3.8) is 0 Å². The molecule has 78 valence electrons. The summed E-state index contributed by atoms with van der Waals surface area (Å²) >= 11 is 2.30. The first-order valence-corrected chi connectivity index (χ1v) is 5.82. The Labute approximate surface area is 102 Å². The zero-order valence-electron chi connectivity index (χ0n) is 8.23. The first-order valence-electron chi connectivity index (χ1n) is 4.75. The van der Waals surface area contributed by atoms with E-state index in [1.54, 1.807) is 6.20 Å². The Morgan fingerprint density at radius 1 is 1.20 bits per heavy atom. The van der Waals surface area contributed by atoms with Gasteiger partial charge in [0.15, 0.2) is 0 Å². The van der Waals surface area contributed by atoms with Gasteiger partial charge in [0.1, 0.15) is 0 Å². The highest BCUT2D eigenvalue weighted by Gasteiger charge is 2.00. The van der Waals surface area contributed by atoms with Gasteiger partial charge in [0.2, 0.25) is 0 Å². The van der Waals surface area contributed by atoms with Crippen LogP contribution in [0.25, 0.3) is 0 Å². The summed E-state index contributed by atoms with van der Waals surface area (Å²) in [5, 5.41) is 4.24. The largest absolute Gasteiger partial charge is 0.325 e. The van der Waals surface area contributed by atoms with E-state index in [0.29, 0.717) is 6.54 Å². The molecule has 0 saturated carbocycles. The van der Waals surface area contributed by atoms with Crippen molar-refractivity contribution in [1.82, 2.24) is 9.78 Å². The minimum absolute atomic E-state index is 0.532. The molecule has 0 radical (unpaired) electrons. The number of hydrogen-bond acceptors (Lipinski definition) is 2. The van der Waals surface area contributed by atoms with E-state index in [9.17, 15) is 0 Å². The summed E-state index contributed by atoms with van der Waals surface area (Å²) < 4.78 is 3.18. The number of halogens is 1. The summed E-state index contributed by atoms with van der Waals surface area (Å²) in [6.07, 6.45) is 1.79. The number of hydrogen-bond donors (Lipinski definition) is 1. The molecule has 0 bridgehead atoms. The van der Waals surface area contributed by atoms with E-state index in [1.807, 2.05) is 10.7 Å². The van der Waals surface area contributed by atoms with E-state index < -0.39 is 0 Å². The SMILES string of the molecule is NCc1ccnn1Cc1ccc(I)cc1. The lowest BCUT2D eigenvalue weighted by Crippen LogP contribution is -2.09. The lowest BCUT2D eigenvalue weighted by Gasteiger charge is -2.05. The van der Waals surface area contributed by atoms with E-state index in [0.717, 1.165) is 12.2 Å². The highest BCUT2D eigenvalue weighted by atomic mass is 127. The Balaban J connectivity index is 2.18. The molecular weight excluding hydrogens is 301 g/mol. The molecule has 2 N–H and O–H groups in total. The molecule has 0 aliphatic carbocycles. The average molecular weight is 313 g/mol. The molecular formula is C11H12IN3. The fourth-order valence-electron chi connectivity index (χ4n) is 1.44. The molecule has 2 aromatic rings. The Morgan fingerprint density at radius 3 is 2.60 bits per heavy atom. The molecule has 1 heterocycles. The van der Waals surface area contributed by atoms with Gasteiger partial charge in [-0.15, -0.1) is 0 Å². The lowest BCUT2D eigenvalue weighted by molar-refractivity contribution is 0.646. The Kier molecular flexibility index (Phi) is 3.37. The van der Waals surface area contributed by atoms with Gasteiger partial charge in [-0.25, -0.2) is 0 Å². The van der Waals surface area contributed by atoms with Crippen LogP contribution >= 0.6 is 22.6 Å². The van der Waals surface area contributed by atoms with Crippen LogP contribution in [0, 0.1) is 3.57 Å². The molecule has 0 aliphatic rings. The smallest absolute Gasteiger partial charge is 0.0663 e. The molecule has 2 rings (SSSR count). The molecule has 0 atom stereocenters. The van der Waals surface area contributed by atoms with Crippen LogP contribution in [0.5, 0.6) is 0 Å². The van der Waals surface area contributed by atoms with Crippen LogP contribution in [0.2, 0.25) is 0 Å². The van der Waals surface area contributed by atoms with Crippen LogP contribution in [0.1, 0.15) is 11.3 Å². The highest BCUT2D eigenvalue weighted by Crippen LogP contribution is 2.09. The van der Waals surface area contributed by atoms with E-state index >= 15 is 0 Å². The standard InChI is InChI=1S/C11H12IN3/c12-10-3-1-9(2-4-10)8-15-11(7-13)5-6-14-15/h1-6H,7-8,13H2. The van der Waals surface area contributed by atoms with Gasteiger partial charge in [0, 0.05) is 16.3 Å². The minimum Gasteiger partial charge on any atom is -0.325 e. The summed E-state index contributed by atoms with van der Waals surface area (Å²) in [6.45, 7) is 1.32. The maximum absolute atomic E-state index is 5.61. The fraction of sp³-hybridized carbons (Fsp3) is 0.182. The molecule has 15 heavy (non-hydrogen) atoms. The van der Waals surface area contributed by atoms with Gasteiger partial charge in [0.05, 0.1) is 12.2 Å². The Morgan fingerprint density at radius 2 is 1.93 bits per heavy atom. The first-order chi connectivity index (χ1) is 7.29. The molecule has 0 saturated heterocycles. The second-order valence-corrected chi connectivity index (χ2v) is 4.56. The van der Waals surface area contributed by atoms with Crippen molar-refractivity contribution in [2.24, 2.45) is 5.73 Å². The van der Waals surface area contributed by atoms with Gasteiger partial charge in [-0.2, -0.15) is 5.10 Å². The molecule has 0 spiro atoms. The molecule has 3 nitrogen and oxygen atoms in total. The number of rotatable bonds is 3. The Hall–Kier alpha value is -0.880. The van der Waals surface area contributed by atoms with Gasteiger partial charge in [0.25, 0.3) is 0 Å². The lowest BCUT2D eigenvalue weighted by atomic mass is 10.2. The van der Waals surface area contributed by atoms with E-state index in [2.05, 4.69) is 52.0 Å². The predicted molar refractivity (Wildman–Crippen MR) is 68.4 cm³/mol. The molecule has 0 aliphatic heterocycles. The van der Waals surface area contributed by atoms with Crippen molar-refractivity contribution in [2.75, 3.05) is 0 Å². The van der Waals surface area contributed by atoms with Gasteiger partial charge < -0.3 is 5.73 Å². The summed E-state index contributed by atoms with van der Waals surface area (Å²) in [5.41, 5.74) is 7.92. The van der Waals surface area contributed by atoms with Gasteiger partial charge >= 0.3 is 0 Å². The van der Waals surface area contributed by atoms with E-state index in [-0.39, 0.29) is 0 Å². The van der Waals surface area contributed by atoms with Crippen molar-refractivity contribution in [3.8, 4) is 0 Å². The highest BCUT2D eigenvalue weighted by molar-refractivity contribution is 14.1. The van der Waals surface area contributed by atoms with Crippen molar-refractivity contribution in [2.45, 2.75) is 13.1 Å². The topological polar surface area (TPSA) is 43.8 Å². The van der Waals surface area contributed by atoms with Crippen LogP contribution in [0.3, 0.4) is 0 Å². The number of nitrogens with two attached hydrogens (primary N) is 1. The van der Waals surface area contributed by atoms with E-state index in [4.69, 9.17) is 5.73 Å². The van der Waals surface area contributed by atoms with Crippen LogP contribution in [0.15, 0.2) is 36.5 Å². The zero-order chi connectivity index (χ0) is 10.7. The van der Waals surface area contributed by atoms with Gasteiger partial charge in [-0.1, -0.05) is 12.1 Å². The molecule has 0 fully saturated rings. The third-order valence-corrected chi connectivity index (χ3v) is 2.98. The summed E-state index contributed by atoms with van der Waals surface area (Å²) in [7, 11) is 0. The monoisotopic (exact) mass is 313 g/mol. The number of aromatic nitrogens is 2. The summed E-state index contributed by atoms with van der Waals surface area (Å²) in [5.74, 6) is 0. The fourth-order valence-corrected chi connectivity index (χ4v) is 1.80. The summed E-state index contributed by atoms with van der Waals surface area (Å²) in [4.78, 5) is 0. The third kappa shape index (κ3) is 2.57. The Bertz CT molecular complexity index is 433. The molecule has 4 heteroatoms. The van der Waals surface area contributed by atoms with Gasteiger partial charge in [-0.05, 0) is 46.4 Å². The molecule has 0 unspecified atom stereocenters. The number of benzene rings is 1. The average Bonchev–Trinajstić information content (AvgIpc) is 2.69. The van der Waals surface area contributed by atoms with Crippen molar-refractivity contribution < 1.29 is 0 Å². The van der Waals surface area contributed by atoms with Crippen LogP contribution < -0.4 is 5.73 Å². The minimum atomic E-state index is 0.532. The first kappa shape index (κ1) is 10.6. The molecule has 1 aromatic carbocycles. The normalized spacial score (nSPS) is 10.5. The van der Waals surface area contributed by atoms with Crippen molar-refractivity contribution in [1.29, 1.82) is 0 Å². The quantitative estimate of drug-likeness (QED) is 0.881. The van der Waals surface area contributed by atoms with Gasteiger partial charge in [-0.3, -0.25) is 4.68 Å². The van der Waals surface area contributed by atoms with Crippen LogP contribution in [0.4, 0.5) is 0 Å². The van der Waals surface area contributed by atoms with E-state index in [1.165, 1.54) is 9.13 Å². The predicted octanol–water partition coefficient (Wildman–Crippen LogP) is 1.99. The third-order valence-electron chi connectivity index (χ3n) is 2.26. The summed E-state index contributed by atoms with van der Waals surface area (Å²) in [6, 6.07) is 10.4. The van der Waals surface area contributed by atoms with Crippen LogP contribution in [-0.4, -0.2) is 9.78 Å². The molecule has 1 aromatic heterocycles. The van der Waals surface area contributed by atoms with Crippen LogP contribution in [-0.2, 0) is 13.1 Å². The zero-order valence-corrected chi connectivity index (χ0v) is 10.4. The molecule has 0 amide bonds. The number of nitrogens with zero attached hydrogens (tertiary/aromatic N) is 2. The second kappa shape index (κ2) is 4.76. The van der Waals surface area contributed by atoms with Crippen molar-refractivity contribution in [3.05, 3.63) is 51.4 Å². The second-order valence-electron chi connectivity index (χ2n) is 3.31. The van der Waals surface area contributed by atoms with Crippen molar-refractivity contribution >= 4 is 22.6 Å². The maximum Gasteiger partial charge on any atom is 0.0663 e.